The molecule has 1 aliphatic heterocycles. The van der Waals surface area contributed by atoms with E-state index in [1.165, 1.54) is 38.4 Å². The zero-order valence-electron chi connectivity index (χ0n) is 12.3. The molecule has 1 fully saturated rings. The molecule has 9 heteroatoms. The van der Waals surface area contributed by atoms with Crippen molar-refractivity contribution < 1.29 is 21.6 Å². The third kappa shape index (κ3) is 3.65. The molecule has 122 valence electrons. The van der Waals surface area contributed by atoms with E-state index in [1.807, 2.05) is 0 Å². The first-order chi connectivity index (χ1) is 10.1. The summed E-state index contributed by atoms with van der Waals surface area (Å²) in [6, 6.07) is 5.77. The molecule has 1 aliphatic rings. The Kier molecular flexibility index (Phi) is 4.59. The van der Waals surface area contributed by atoms with Crippen molar-refractivity contribution in [3.63, 3.8) is 0 Å². The van der Waals surface area contributed by atoms with Crippen molar-refractivity contribution in [2.45, 2.75) is 11.3 Å². The maximum Gasteiger partial charge on any atom is 0.242 e. The van der Waals surface area contributed by atoms with Crippen molar-refractivity contribution >= 4 is 31.5 Å². The summed E-state index contributed by atoms with van der Waals surface area (Å²) >= 11 is 0. The van der Waals surface area contributed by atoms with Crippen LogP contribution in [0.5, 0.6) is 0 Å². The molecule has 0 radical (unpaired) electrons. The summed E-state index contributed by atoms with van der Waals surface area (Å²) in [7, 11) is -3.75. The highest BCUT2D eigenvalue weighted by Gasteiger charge is 2.32. The lowest BCUT2D eigenvalue weighted by atomic mass is 10.1. The summed E-state index contributed by atoms with van der Waals surface area (Å²) in [5, 5.41) is 2.62. The van der Waals surface area contributed by atoms with Crippen LogP contribution < -0.4 is 5.32 Å². The Balaban J connectivity index is 2.08. The fraction of sp³-hybridized carbons (Fsp3) is 0.462. The van der Waals surface area contributed by atoms with E-state index in [-0.39, 0.29) is 22.3 Å². The average Bonchev–Trinajstić information content (AvgIpc) is 2.79. The first-order valence-corrected chi connectivity index (χ1v) is 9.92. The SMILES string of the molecule is CN(C)S(=O)(=O)c1ccc(NC(=O)[C@@H]2CCS(=O)(=O)C2)cc1. The molecular formula is C13H18N2O5S2. The Labute approximate surface area is 130 Å². The second kappa shape index (κ2) is 5.98. The second-order valence-corrected chi connectivity index (χ2v) is 9.78. The van der Waals surface area contributed by atoms with Gasteiger partial charge in [-0.2, -0.15) is 0 Å². The van der Waals surface area contributed by atoms with E-state index in [0.29, 0.717) is 12.1 Å². The standard InChI is InChI=1S/C13H18N2O5S2/c1-15(2)22(19,20)12-5-3-11(4-6-12)14-13(16)10-7-8-21(17,18)9-10/h3-6,10H,7-9H2,1-2H3,(H,14,16)/t10-/m1/s1. The number of rotatable bonds is 4. The van der Waals surface area contributed by atoms with Gasteiger partial charge in [0.2, 0.25) is 15.9 Å². The summed E-state index contributed by atoms with van der Waals surface area (Å²) in [6.07, 6.45) is 0.321. The summed E-state index contributed by atoms with van der Waals surface area (Å²) in [5.74, 6) is -1.00. The van der Waals surface area contributed by atoms with Crippen molar-refractivity contribution in [1.82, 2.24) is 4.31 Å². The van der Waals surface area contributed by atoms with Gasteiger partial charge in [0.15, 0.2) is 9.84 Å². The van der Waals surface area contributed by atoms with Crippen LogP contribution in [0, 0.1) is 5.92 Å². The summed E-state index contributed by atoms with van der Waals surface area (Å²) in [4.78, 5) is 12.1. The van der Waals surface area contributed by atoms with Gasteiger partial charge in [0.05, 0.1) is 22.3 Å². The molecule has 0 aliphatic carbocycles. The van der Waals surface area contributed by atoms with Crippen LogP contribution in [0.15, 0.2) is 29.2 Å². The van der Waals surface area contributed by atoms with Gasteiger partial charge in [-0.1, -0.05) is 0 Å². The molecule has 1 N–H and O–H groups in total. The van der Waals surface area contributed by atoms with E-state index < -0.39 is 25.8 Å². The molecule has 7 nitrogen and oxygen atoms in total. The number of nitrogens with zero attached hydrogens (tertiary/aromatic N) is 1. The molecular weight excluding hydrogens is 328 g/mol. The lowest BCUT2D eigenvalue weighted by molar-refractivity contribution is -0.119. The third-order valence-corrected chi connectivity index (χ3v) is 7.10. The maximum atomic E-state index is 12.0. The number of sulfonamides is 1. The van der Waals surface area contributed by atoms with Crippen molar-refractivity contribution in [1.29, 1.82) is 0 Å². The average molecular weight is 346 g/mol. The fourth-order valence-electron chi connectivity index (χ4n) is 2.17. The number of hydrogen-bond acceptors (Lipinski definition) is 5. The van der Waals surface area contributed by atoms with Gasteiger partial charge >= 0.3 is 0 Å². The Morgan fingerprint density at radius 1 is 1.23 bits per heavy atom. The molecule has 0 unspecified atom stereocenters. The van der Waals surface area contributed by atoms with Gasteiger partial charge in [0, 0.05) is 19.8 Å². The normalized spacial score (nSPS) is 21.0. The zero-order chi connectivity index (χ0) is 16.5. The second-order valence-electron chi connectivity index (χ2n) is 5.40. The van der Waals surface area contributed by atoms with Gasteiger partial charge in [-0.15, -0.1) is 0 Å². The van der Waals surface area contributed by atoms with Crippen LogP contribution in [0.2, 0.25) is 0 Å². The smallest absolute Gasteiger partial charge is 0.242 e. The highest BCUT2D eigenvalue weighted by atomic mass is 32.2. The Bertz CT molecular complexity index is 767. The van der Waals surface area contributed by atoms with Crippen molar-refractivity contribution in [3.8, 4) is 0 Å². The molecule has 22 heavy (non-hydrogen) atoms. The van der Waals surface area contributed by atoms with Crippen molar-refractivity contribution in [2.75, 3.05) is 30.9 Å². The minimum absolute atomic E-state index is 0.0328. The molecule has 0 saturated carbocycles. The summed E-state index contributed by atoms with van der Waals surface area (Å²) in [6.45, 7) is 0. The van der Waals surface area contributed by atoms with Crippen molar-refractivity contribution in [3.05, 3.63) is 24.3 Å². The zero-order valence-corrected chi connectivity index (χ0v) is 13.9. The molecule has 0 aromatic heterocycles. The predicted octanol–water partition coefficient (Wildman–Crippen LogP) is 0.310. The van der Waals surface area contributed by atoms with Crippen LogP contribution in [0.25, 0.3) is 0 Å². The van der Waals surface area contributed by atoms with Crippen LogP contribution in [0.4, 0.5) is 5.69 Å². The largest absolute Gasteiger partial charge is 0.326 e. The molecule has 1 aromatic carbocycles. The number of carbonyl (C=O) groups excluding carboxylic acids is 1. The number of anilines is 1. The topological polar surface area (TPSA) is 101 Å². The van der Waals surface area contributed by atoms with Crippen LogP contribution >= 0.6 is 0 Å². The summed E-state index contributed by atoms with van der Waals surface area (Å²) < 4.78 is 47.7. The Morgan fingerprint density at radius 2 is 1.82 bits per heavy atom. The van der Waals surface area contributed by atoms with E-state index in [9.17, 15) is 21.6 Å². The predicted molar refractivity (Wildman–Crippen MR) is 82.7 cm³/mol. The lowest BCUT2D eigenvalue weighted by Crippen LogP contribution is -2.24. The lowest BCUT2D eigenvalue weighted by Gasteiger charge is -2.13. The summed E-state index contributed by atoms with van der Waals surface area (Å²) in [5.41, 5.74) is 0.437. The highest BCUT2D eigenvalue weighted by Crippen LogP contribution is 2.21. The molecule has 1 aromatic rings. The molecule has 1 saturated heterocycles. The van der Waals surface area contributed by atoms with Gasteiger partial charge < -0.3 is 5.32 Å². The van der Waals surface area contributed by atoms with Gasteiger partial charge in [0.1, 0.15) is 0 Å². The maximum absolute atomic E-state index is 12.0. The molecule has 1 atom stereocenters. The molecule has 0 spiro atoms. The monoisotopic (exact) mass is 346 g/mol. The van der Waals surface area contributed by atoms with Crippen molar-refractivity contribution in [2.24, 2.45) is 5.92 Å². The Morgan fingerprint density at radius 3 is 2.27 bits per heavy atom. The third-order valence-electron chi connectivity index (χ3n) is 3.50. The van der Waals surface area contributed by atoms with Crippen LogP contribution in [-0.4, -0.2) is 52.6 Å². The molecule has 2 rings (SSSR count). The fourth-order valence-corrected chi connectivity index (χ4v) is 4.81. The first kappa shape index (κ1) is 16.9. The van der Waals surface area contributed by atoms with E-state index in [2.05, 4.69) is 5.32 Å². The number of sulfone groups is 1. The van der Waals surface area contributed by atoms with E-state index in [0.717, 1.165) is 4.31 Å². The van der Waals surface area contributed by atoms with Gasteiger partial charge in [0.25, 0.3) is 0 Å². The quantitative estimate of drug-likeness (QED) is 0.846. The number of nitrogens with one attached hydrogen (secondary N) is 1. The Hall–Kier alpha value is -1.45. The van der Waals surface area contributed by atoms with Crippen LogP contribution in [-0.2, 0) is 24.7 Å². The number of hydrogen-bond donors (Lipinski definition) is 1. The molecule has 1 amide bonds. The van der Waals surface area contributed by atoms with Crippen LogP contribution in [0.3, 0.4) is 0 Å². The number of benzene rings is 1. The highest BCUT2D eigenvalue weighted by molar-refractivity contribution is 7.91. The van der Waals surface area contributed by atoms with Crippen LogP contribution in [0.1, 0.15) is 6.42 Å². The molecule has 0 bridgehead atoms. The minimum atomic E-state index is -3.51. The van der Waals surface area contributed by atoms with Gasteiger partial charge in [-0.05, 0) is 30.7 Å². The molecule has 1 heterocycles. The minimum Gasteiger partial charge on any atom is -0.326 e. The van der Waals surface area contributed by atoms with Gasteiger partial charge in [-0.3, -0.25) is 4.79 Å². The van der Waals surface area contributed by atoms with Gasteiger partial charge in [-0.25, -0.2) is 21.1 Å². The number of carbonyl (C=O) groups is 1. The van der Waals surface area contributed by atoms with E-state index >= 15 is 0 Å². The number of amides is 1. The first-order valence-electron chi connectivity index (χ1n) is 6.66. The van der Waals surface area contributed by atoms with E-state index in [1.54, 1.807) is 0 Å². The van der Waals surface area contributed by atoms with E-state index in [4.69, 9.17) is 0 Å².